The second kappa shape index (κ2) is 7.01. The van der Waals surface area contributed by atoms with Gasteiger partial charge in [-0.2, -0.15) is 0 Å². The predicted octanol–water partition coefficient (Wildman–Crippen LogP) is -0.740. The number of carbonyl (C=O) groups excluding carboxylic acids is 4. The molecule has 0 bridgehead atoms. The summed E-state index contributed by atoms with van der Waals surface area (Å²) in [6.07, 6.45) is 0.274. The molecule has 152 valence electrons. The highest BCUT2D eigenvalue weighted by atomic mass is 16.5. The Bertz CT molecular complexity index is 894. The predicted molar refractivity (Wildman–Crippen MR) is 99.9 cm³/mol. The van der Waals surface area contributed by atoms with Crippen molar-refractivity contribution in [1.82, 2.24) is 20.4 Å². The van der Waals surface area contributed by atoms with Gasteiger partial charge in [-0.1, -0.05) is 6.07 Å². The van der Waals surface area contributed by atoms with Crippen LogP contribution in [0.15, 0.2) is 18.2 Å². The van der Waals surface area contributed by atoms with E-state index in [0.29, 0.717) is 43.0 Å². The zero-order valence-electron chi connectivity index (χ0n) is 15.8. The van der Waals surface area contributed by atoms with Gasteiger partial charge in [-0.05, 0) is 24.1 Å². The van der Waals surface area contributed by atoms with Crippen LogP contribution in [0.1, 0.15) is 39.1 Å². The van der Waals surface area contributed by atoms with Crippen molar-refractivity contribution in [2.45, 2.75) is 37.5 Å². The molecule has 9 nitrogen and oxygen atoms in total. The lowest BCUT2D eigenvalue weighted by Gasteiger charge is -2.46. The molecule has 4 heterocycles. The molecule has 4 aliphatic heterocycles. The van der Waals surface area contributed by atoms with Crippen LogP contribution in [0.2, 0.25) is 0 Å². The maximum atomic E-state index is 13.0. The summed E-state index contributed by atoms with van der Waals surface area (Å²) < 4.78 is 5.35. The van der Waals surface area contributed by atoms with Crippen molar-refractivity contribution in [3.63, 3.8) is 0 Å². The SMILES string of the molecule is O=C1CCC(N2C(=O)c3ccc(CN(C4CNC4)C4COC4)cc3C2=O)C(=O)N1. The maximum Gasteiger partial charge on any atom is 0.262 e. The van der Waals surface area contributed by atoms with E-state index < -0.39 is 23.8 Å². The smallest absolute Gasteiger partial charge is 0.262 e. The Balaban J connectivity index is 1.38. The van der Waals surface area contributed by atoms with Gasteiger partial charge in [0.2, 0.25) is 11.8 Å². The quantitative estimate of drug-likeness (QED) is 0.629. The molecule has 0 aliphatic carbocycles. The molecule has 0 aromatic heterocycles. The summed E-state index contributed by atoms with van der Waals surface area (Å²) in [6.45, 7) is 3.96. The molecule has 0 spiro atoms. The number of amides is 4. The molecule has 5 rings (SSSR count). The summed E-state index contributed by atoms with van der Waals surface area (Å²) in [7, 11) is 0. The first-order valence-corrected chi connectivity index (χ1v) is 9.91. The van der Waals surface area contributed by atoms with Crippen LogP contribution < -0.4 is 10.6 Å². The first kappa shape index (κ1) is 18.4. The Kier molecular flexibility index (Phi) is 4.45. The number of imide groups is 2. The third-order valence-corrected chi connectivity index (χ3v) is 6.19. The van der Waals surface area contributed by atoms with Crippen molar-refractivity contribution >= 4 is 23.6 Å². The van der Waals surface area contributed by atoms with Gasteiger partial charge < -0.3 is 10.1 Å². The van der Waals surface area contributed by atoms with E-state index in [0.717, 1.165) is 23.6 Å². The zero-order valence-corrected chi connectivity index (χ0v) is 15.8. The number of nitrogens with one attached hydrogen (secondary N) is 2. The van der Waals surface area contributed by atoms with E-state index in [4.69, 9.17) is 4.74 Å². The van der Waals surface area contributed by atoms with Gasteiger partial charge in [0.25, 0.3) is 11.8 Å². The Labute approximate surface area is 167 Å². The molecule has 4 amide bonds. The zero-order chi connectivity index (χ0) is 20.1. The molecule has 3 fully saturated rings. The standard InChI is InChI=1S/C20H22N4O5/c25-17-4-3-16(18(26)22-17)24-19(27)14-2-1-11(5-15(14)20(24)28)8-23(12-6-21-7-12)13-9-29-10-13/h1-2,5,12-13,16,21H,3-4,6-10H2,(H,22,25,26). The third-order valence-electron chi connectivity index (χ3n) is 6.19. The minimum Gasteiger partial charge on any atom is -0.378 e. The highest BCUT2D eigenvalue weighted by molar-refractivity contribution is 6.23. The van der Waals surface area contributed by atoms with Gasteiger partial charge in [-0.15, -0.1) is 0 Å². The van der Waals surface area contributed by atoms with E-state index >= 15 is 0 Å². The molecule has 29 heavy (non-hydrogen) atoms. The number of piperidine rings is 1. The summed E-state index contributed by atoms with van der Waals surface area (Å²) in [6, 6.07) is 5.18. The number of fused-ring (bicyclic) bond motifs is 1. The number of hydrogen-bond donors (Lipinski definition) is 2. The Morgan fingerprint density at radius 3 is 2.41 bits per heavy atom. The van der Waals surface area contributed by atoms with Crippen LogP contribution in [0.5, 0.6) is 0 Å². The van der Waals surface area contributed by atoms with Crippen molar-refractivity contribution in [1.29, 1.82) is 0 Å². The van der Waals surface area contributed by atoms with Gasteiger partial charge in [-0.25, -0.2) is 0 Å². The summed E-state index contributed by atoms with van der Waals surface area (Å²) in [4.78, 5) is 52.7. The van der Waals surface area contributed by atoms with Crippen LogP contribution in [-0.2, 0) is 20.9 Å². The van der Waals surface area contributed by atoms with Crippen molar-refractivity contribution in [3.8, 4) is 0 Å². The van der Waals surface area contributed by atoms with E-state index in [2.05, 4.69) is 15.5 Å². The molecule has 1 atom stereocenters. The summed E-state index contributed by atoms with van der Waals surface area (Å²) in [5.41, 5.74) is 1.59. The first-order chi connectivity index (χ1) is 14.0. The molecule has 1 unspecified atom stereocenters. The van der Waals surface area contributed by atoms with Gasteiger partial charge in [0, 0.05) is 32.1 Å². The Morgan fingerprint density at radius 2 is 1.79 bits per heavy atom. The van der Waals surface area contributed by atoms with Crippen molar-refractivity contribution in [2.75, 3.05) is 26.3 Å². The average Bonchev–Trinajstić information content (AvgIpc) is 2.83. The van der Waals surface area contributed by atoms with E-state index in [1.807, 2.05) is 6.07 Å². The fourth-order valence-electron chi connectivity index (χ4n) is 4.31. The summed E-state index contributed by atoms with van der Waals surface area (Å²) >= 11 is 0. The highest BCUT2D eigenvalue weighted by Crippen LogP contribution is 2.29. The van der Waals surface area contributed by atoms with Crippen LogP contribution in [0.25, 0.3) is 0 Å². The highest BCUT2D eigenvalue weighted by Gasteiger charge is 2.44. The number of ether oxygens (including phenoxy) is 1. The van der Waals surface area contributed by atoms with Crippen LogP contribution in [0.4, 0.5) is 0 Å². The van der Waals surface area contributed by atoms with Crippen LogP contribution in [0, 0.1) is 0 Å². The average molecular weight is 398 g/mol. The normalized spacial score (nSPS) is 25.1. The molecule has 3 saturated heterocycles. The van der Waals surface area contributed by atoms with E-state index in [1.54, 1.807) is 12.1 Å². The number of hydrogen-bond acceptors (Lipinski definition) is 7. The fourth-order valence-corrected chi connectivity index (χ4v) is 4.31. The molecule has 0 radical (unpaired) electrons. The molecular formula is C20H22N4O5. The number of benzene rings is 1. The largest absolute Gasteiger partial charge is 0.378 e. The van der Waals surface area contributed by atoms with E-state index in [-0.39, 0.29) is 18.7 Å². The Hall–Kier alpha value is -2.62. The molecular weight excluding hydrogens is 376 g/mol. The van der Waals surface area contributed by atoms with E-state index in [1.165, 1.54) is 0 Å². The molecule has 0 saturated carbocycles. The van der Waals surface area contributed by atoms with Gasteiger partial charge >= 0.3 is 0 Å². The second-order valence-electron chi connectivity index (χ2n) is 8.00. The van der Waals surface area contributed by atoms with Crippen molar-refractivity contribution in [2.24, 2.45) is 0 Å². The van der Waals surface area contributed by atoms with Gasteiger partial charge in [0.15, 0.2) is 0 Å². The fraction of sp³-hybridized carbons (Fsp3) is 0.500. The third kappa shape index (κ3) is 3.06. The lowest BCUT2D eigenvalue weighted by atomic mass is 10.0. The monoisotopic (exact) mass is 398 g/mol. The second-order valence-corrected chi connectivity index (χ2v) is 8.00. The number of carbonyl (C=O) groups is 4. The molecule has 9 heteroatoms. The van der Waals surface area contributed by atoms with Crippen molar-refractivity contribution in [3.05, 3.63) is 34.9 Å². The van der Waals surface area contributed by atoms with Crippen LogP contribution in [-0.4, -0.2) is 77.9 Å². The topological polar surface area (TPSA) is 108 Å². The van der Waals surface area contributed by atoms with E-state index in [9.17, 15) is 19.2 Å². The maximum absolute atomic E-state index is 13.0. The van der Waals surface area contributed by atoms with Crippen molar-refractivity contribution < 1.29 is 23.9 Å². The molecule has 1 aromatic rings. The van der Waals surface area contributed by atoms with Gasteiger partial charge in [-0.3, -0.25) is 34.3 Å². The number of rotatable bonds is 5. The lowest BCUT2D eigenvalue weighted by molar-refractivity contribution is -0.136. The van der Waals surface area contributed by atoms with Gasteiger partial charge in [0.1, 0.15) is 6.04 Å². The van der Waals surface area contributed by atoms with Crippen LogP contribution >= 0.6 is 0 Å². The Morgan fingerprint density at radius 1 is 1.03 bits per heavy atom. The minimum absolute atomic E-state index is 0.114. The lowest BCUT2D eigenvalue weighted by Crippen LogP contribution is -2.63. The first-order valence-electron chi connectivity index (χ1n) is 9.91. The molecule has 1 aromatic carbocycles. The number of nitrogens with zero attached hydrogens (tertiary/aromatic N) is 2. The summed E-state index contributed by atoms with van der Waals surface area (Å²) in [5.74, 6) is -1.91. The van der Waals surface area contributed by atoms with Crippen LogP contribution in [0.3, 0.4) is 0 Å². The minimum atomic E-state index is -0.937. The summed E-state index contributed by atoms with van der Waals surface area (Å²) in [5, 5.41) is 5.50. The van der Waals surface area contributed by atoms with Gasteiger partial charge in [0.05, 0.1) is 30.4 Å². The molecule has 2 N–H and O–H groups in total. The molecule has 4 aliphatic rings.